The Morgan fingerprint density at radius 1 is 0.667 bits per heavy atom. The second-order valence-corrected chi connectivity index (χ2v) is 8.26. The van der Waals surface area contributed by atoms with Crippen LogP contribution in [0.25, 0.3) is 0 Å². The Balaban J connectivity index is 1.66. The van der Waals surface area contributed by atoms with Gasteiger partial charge in [0.05, 0.1) is 18.5 Å². The molecule has 2 aliphatic rings. The van der Waals surface area contributed by atoms with Crippen molar-refractivity contribution in [3.63, 3.8) is 0 Å². The van der Waals surface area contributed by atoms with Crippen LogP contribution in [-0.2, 0) is 9.59 Å². The summed E-state index contributed by atoms with van der Waals surface area (Å²) in [4.78, 5) is 26.0. The molecule has 2 aliphatic heterocycles. The van der Waals surface area contributed by atoms with E-state index < -0.39 is 0 Å². The third-order valence-corrected chi connectivity index (χ3v) is 6.33. The lowest BCUT2D eigenvalue weighted by molar-refractivity contribution is -0.170. The smallest absolute Gasteiger partial charge is 0.245 e. The van der Waals surface area contributed by atoms with Gasteiger partial charge in [0.1, 0.15) is 0 Å². The third kappa shape index (κ3) is 3.22. The van der Waals surface area contributed by atoms with Crippen LogP contribution in [0.4, 0.5) is 0 Å². The number of hydrogen-bond donors (Lipinski definition) is 0. The highest BCUT2D eigenvalue weighted by Gasteiger charge is 2.52. The summed E-state index contributed by atoms with van der Waals surface area (Å²) in [6.45, 7) is 0. The average molecular weight is 417 g/mol. The molecule has 3 aromatic carbocycles. The minimum absolute atomic E-state index is 0.0782. The standard InChI is InChI=1S/C25H21ClN2O2/c26-20-13-11-17(12-14-20)21-15-23(29)28-24(30)16-22(18-7-3-1-4-8-18)27(28)25(21)19-9-5-2-6-10-19/h1-14,21-22,25H,15-16H2/t21-,22+,25+/m0/s1. The summed E-state index contributed by atoms with van der Waals surface area (Å²) in [6.07, 6.45) is 0.581. The summed E-state index contributed by atoms with van der Waals surface area (Å²) in [6, 6.07) is 27.5. The molecular formula is C25H21ClN2O2. The van der Waals surface area contributed by atoms with Gasteiger partial charge in [-0.3, -0.25) is 9.59 Å². The van der Waals surface area contributed by atoms with Crippen molar-refractivity contribution in [1.82, 2.24) is 10.0 Å². The molecule has 0 N–H and O–H groups in total. The van der Waals surface area contributed by atoms with Crippen molar-refractivity contribution in [2.75, 3.05) is 0 Å². The van der Waals surface area contributed by atoms with E-state index >= 15 is 0 Å². The fourth-order valence-electron chi connectivity index (χ4n) is 4.76. The lowest BCUT2D eigenvalue weighted by Crippen LogP contribution is -2.52. The molecule has 2 amide bonds. The third-order valence-electron chi connectivity index (χ3n) is 6.07. The van der Waals surface area contributed by atoms with Gasteiger partial charge in [0.15, 0.2) is 0 Å². The number of halogens is 1. The van der Waals surface area contributed by atoms with Gasteiger partial charge < -0.3 is 0 Å². The van der Waals surface area contributed by atoms with Gasteiger partial charge in [0.25, 0.3) is 0 Å². The molecule has 2 saturated heterocycles. The van der Waals surface area contributed by atoms with E-state index in [0.29, 0.717) is 11.4 Å². The number of nitrogens with zero attached hydrogens (tertiary/aromatic N) is 2. The Labute approximate surface area is 180 Å². The lowest BCUT2D eigenvalue weighted by atomic mass is 9.82. The Bertz CT molecular complexity index is 1070. The van der Waals surface area contributed by atoms with Gasteiger partial charge in [0, 0.05) is 17.4 Å². The van der Waals surface area contributed by atoms with Gasteiger partial charge >= 0.3 is 0 Å². The number of carbonyl (C=O) groups is 2. The van der Waals surface area contributed by atoms with Crippen molar-refractivity contribution < 1.29 is 9.59 Å². The van der Waals surface area contributed by atoms with Crippen molar-refractivity contribution in [1.29, 1.82) is 0 Å². The largest absolute Gasteiger partial charge is 0.273 e. The number of imide groups is 1. The maximum Gasteiger partial charge on any atom is 0.245 e. The molecule has 30 heavy (non-hydrogen) atoms. The molecule has 5 heteroatoms. The van der Waals surface area contributed by atoms with Gasteiger partial charge in [-0.2, -0.15) is 5.01 Å². The molecule has 3 aromatic rings. The van der Waals surface area contributed by atoms with Crippen LogP contribution in [0.15, 0.2) is 84.9 Å². The van der Waals surface area contributed by atoms with Gasteiger partial charge in [-0.05, 0) is 28.8 Å². The number of hydrazine groups is 1. The monoisotopic (exact) mass is 416 g/mol. The Kier molecular flexibility index (Phi) is 4.89. The number of hydrogen-bond acceptors (Lipinski definition) is 3. The van der Waals surface area contributed by atoms with Crippen molar-refractivity contribution >= 4 is 23.4 Å². The molecule has 4 nitrogen and oxygen atoms in total. The van der Waals surface area contributed by atoms with E-state index in [1.807, 2.05) is 77.8 Å². The Morgan fingerprint density at radius 2 is 1.23 bits per heavy atom. The SMILES string of the molecule is O=C1C[C@H](c2ccccc2)N2[C@H](c3ccccc3)[C@H](c3ccc(Cl)cc3)CC(=O)N12. The minimum atomic E-state index is -0.178. The highest BCUT2D eigenvalue weighted by Crippen LogP contribution is 2.50. The average Bonchev–Trinajstić information content (AvgIpc) is 3.13. The molecule has 0 aliphatic carbocycles. The Morgan fingerprint density at radius 3 is 1.87 bits per heavy atom. The highest BCUT2D eigenvalue weighted by atomic mass is 35.5. The van der Waals surface area contributed by atoms with Crippen molar-refractivity contribution in [3.8, 4) is 0 Å². The molecule has 0 radical (unpaired) electrons. The second kappa shape index (κ2) is 7.71. The maximum absolute atomic E-state index is 13.1. The fraction of sp³-hybridized carbons (Fsp3) is 0.200. The quantitative estimate of drug-likeness (QED) is 0.545. The number of rotatable bonds is 3. The van der Waals surface area contributed by atoms with E-state index in [2.05, 4.69) is 12.1 Å². The molecule has 150 valence electrons. The molecular weight excluding hydrogens is 396 g/mol. The Hall–Kier alpha value is -2.95. The van der Waals surface area contributed by atoms with Crippen LogP contribution in [0.3, 0.4) is 0 Å². The first kappa shape index (κ1) is 19.0. The summed E-state index contributed by atoms with van der Waals surface area (Å²) < 4.78 is 0. The van der Waals surface area contributed by atoms with Crippen LogP contribution in [0.2, 0.25) is 5.02 Å². The van der Waals surface area contributed by atoms with E-state index in [9.17, 15) is 9.59 Å². The first-order valence-corrected chi connectivity index (χ1v) is 10.5. The molecule has 3 atom stereocenters. The zero-order chi connectivity index (χ0) is 20.7. The number of benzene rings is 3. The maximum atomic E-state index is 13.1. The van der Waals surface area contributed by atoms with Crippen LogP contribution in [0.1, 0.15) is 47.5 Å². The number of amides is 2. The zero-order valence-corrected chi connectivity index (χ0v) is 17.1. The van der Waals surface area contributed by atoms with E-state index in [-0.39, 0.29) is 36.2 Å². The topological polar surface area (TPSA) is 40.6 Å². The first-order valence-electron chi connectivity index (χ1n) is 10.1. The van der Waals surface area contributed by atoms with Crippen LogP contribution in [-0.4, -0.2) is 21.8 Å². The predicted octanol–water partition coefficient (Wildman–Crippen LogP) is 5.29. The van der Waals surface area contributed by atoms with Crippen LogP contribution < -0.4 is 0 Å². The van der Waals surface area contributed by atoms with Gasteiger partial charge in [-0.1, -0.05) is 84.4 Å². The molecule has 2 fully saturated rings. The van der Waals surface area contributed by atoms with Crippen molar-refractivity contribution in [2.24, 2.45) is 0 Å². The highest BCUT2D eigenvalue weighted by molar-refractivity contribution is 6.30. The van der Waals surface area contributed by atoms with Crippen LogP contribution >= 0.6 is 11.6 Å². The summed E-state index contributed by atoms with van der Waals surface area (Å²) in [7, 11) is 0. The summed E-state index contributed by atoms with van der Waals surface area (Å²) >= 11 is 6.11. The van der Waals surface area contributed by atoms with Gasteiger partial charge in [0.2, 0.25) is 11.8 Å². The molecule has 0 aromatic heterocycles. The number of fused-ring (bicyclic) bond motifs is 1. The molecule has 0 bridgehead atoms. The van der Waals surface area contributed by atoms with Crippen molar-refractivity contribution in [3.05, 3.63) is 107 Å². The minimum Gasteiger partial charge on any atom is -0.273 e. The molecule has 5 rings (SSSR count). The molecule has 0 unspecified atom stereocenters. The normalized spacial score (nSPS) is 24.2. The summed E-state index contributed by atoms with van der Waals surface area (Å²) in [5.74, 6) is -0.361. The van der Waals surface area contributed by atoms with E-state index in [4.69, 9.17) is 11.6 Å². The van der Waals surface area contributed by atoms with E-state index in [0.717, 1.165) is 16.7 Å². The van der Waals surface area contributed by atoms with Crippen molar-refractivity contribution in [2.45, 2.75) is 30.8 Å². The second-order valence-electron chi connectivity index (χ2n) is 7.83. The van der Waals surface area contributed by atoms with Crippen LogP contribution in [0, 0.1) is 0 Å². The van der Waals surface area contributed by atoms with E-state index in [1.54, 1.807) is 0 Å². The lowest BCUT2D eigenvalue weighted by Gasteiger charge is -2.45. The summed E-state index contributed by atoms with van der Waals surface area (Å²) in [5, 5.41) is 4.07. The zero-order valence-electron chi connectivity index (χ0n) is 16.3. The van der Waals surface area contributed by atoms with Gasteiger partial charge in [-0.15, -0.1) is 0 Å². The predicted molar refractivity (Wildman–Crippen MR) is 115 cm³/mol. The molecule has 2 heterocycles. The molecule has 0 spiro atoms. The molecule has 0 saturated carbocycles. The van der Waals surface area contributed by atoms with E-state index in [1.165, 1.54) is 5.01 Å². The van der Waals surface area contributed by atoms with Gasteiger partial charge in [-0.25, -0.2) is 5.01 Å². The number of carbonyl (C=O) groups excluding carboxylic acids is 2. The summed E-state index contributed by atoms with van der Waals surface area (Å²) in [5.41, 5.74) is 3.18. The first-order chi connectivity index (χ1) is 14.6. The van der Waals surface area contributed by atoms with Crippen LogP contribution in [0.5, 0.6) is 0 Å². The fourth-order valence-corrected chi connectivity index (χ4v) is 4.89.